The van der Waals surface area contributed by atoms with Crippen LogP contribution in [0.1, 0.15) is 65.9 Å². The molecule has 0 aliphatic carbocycles. The maximum atomic E-state index is 13.6. The summed E-state index contributed by atoms with van der Waals surface area (Å²) in [6, 6.07) is 9.15. The van der Waals surface area contributed by atoms with Crippen molar-refractivity contribution in [2.24, 2.45) is 17.3 Å². The van der Waals surface area contributed by atoms with E-state index in [0.29, 0.717) is 25.8 Å². The summed E-state index contributed by atoms with van der Waals surface area (Å²) in [5.74, 6) is -0.872. The van der Waals surface area contributed by atoms with Crippen molar-refractivity contribution in [1.82, 2.24) is 9.21 Å². The fraction of sp³-hybridized carbons (Fsp3) is 0.724. The lowest BCUT2D eigenvalue weighted by molar-refractivity contribution is -0.179. The zero-order chi connectivity index (χ0) is 28.4. The standard InChI is InChI=1S/C29H46N2O6S/c1-22-17-28(5,36-7)18-23(2)25(32)27(3,4)26(33)37-29(21-30(6)19-22)13-15-31(16-14-29)38(34,35)20-24-11-9-8-10-12-24/h8-12,22-23H,13-21H2,1-7H3/t22-,23?,28-/m1/s1. The molecule has 3 rings (SSSR count). The number of carbonyl (C=O) groups excluding carboxylic acids is 2. The number of benzene rings is 1. The molecule has 0 saturated carbocycles. The highest BCUT2D eigenvalue weighted by atomic mass is 32.2. The molecule has 1 aromatic rings. The number of piperidine rings is 1. The van der Waals surface area contributed by atoms with E-state index < -0.39 is 32.6 Å². The van der Waals surface area contributed by atoms with Crippen LogP contribution in [0.25, 0.3) is 0 Å². The first-order valence-corrected chi connectivity index (χ1v) is 15.3. The number of sulfonamides is 1. The Morgan fingerprint density at radius 3 is 2.21 bits per heavy atom. The second-order valence-electron chi connectivity index (χ2n) is 12.5. The van der Waals surface area contributed by atoms with Crippen LogP contribution in [-0.4, -0.2) is 80.9 Å². The summed E-state index contributed by atoms with van der Waals surface area (Å²) in [4.78, 5) is 29.2. The van der Waals surface area contributed by atoms with Crippen LogP contribution in [0.4, 0.5) is 0 Å². The number of rotatable bonds is 4. The van der Waals surface area contributed by atoms with Crippen LogP contribution in [0.3, 0.4) is 0 Å². The molecule has 9 heteroatoms. The number of hydrogen-bond donors (Lipinski definition) is 0. The Morgan fingerprint density at radius 1 is 1.03 bits per heavy atom. The summed E-state index contributed by atoms with van der Waals surface area (Å²) >= 11 is 0. The van der Waals surface area contributed by atoms with Crippen molar-refractivity contribution >= 4 is 21.8 Å². The van der Waals surface area contributed by atoms with E-state index in [1.807, 2.05) is 51.2 Å². The third-order valence-corrected chi connectivity index (χ3v) is 10.1. The van der Waals surface area contributed by atoms with Crippen LogP contribution in [0.2, 0.25) is 0 Å². The van der Waals surface area contributed by atoms with Crippen molar-refractivity contribution in [1.29, 1.82) is 0 Å². The lowest BCUT2D eigenvalue weighted by Crippen LogP contribution is -2.56. The summed E-state index contributed by atoms with van der Waals surface area (Å²) in [7, 11) is 0.172. The molecule has 2 saturated heterocycles. The van der Waals surface area contributed by atoms with E-state index in [1.54, 1.807) is 21.0 Å². The first kappa shape index (κ1) is 30.7. The van der Waals surface area contributed by atoms with Gasteiger partial charge in [0.05, 0.1) is 11.4 Å². The molecule has 2 heterocycles. The largest absolute Gasteiger partial charge is 0.457 e. The molecule has 3 atom stereocenters. The van der Waals surface area contributed by atoms with Gasteiger partial charge in [0.25, 0.3) is 0 Å². The van der Waals surface area contributed by atoms with Gasteiger partial charge in [-0.3, -0.25) is 9.59 Å². The summed E-state index contributed by atoms with van der Waals surface area (Å²) in [6.45, 7) is 11.1. The van der Waals surface area contributed by atoms with Gasteiger partial charge in [-0.2, -0.15) is 0 Å². The topological polar surface area (TPSA) is 93.2 Å². The molecule has 0 bridgehead atoms. The van der Waals surface area contributed by atoms with E-state index in [-0.39, 0.29) is 36.5 Å². The Bertz CT molecular complexity index is 1080. The molecular formula is C29H46N2O6S. The minimum absolute atomic E-state index is 0.0598. The average molecular weight is 551 g/mol. The fourth-order valence-corrected chi connectivity index (χ4v) is 7.80. The van der Waals surface area contributed by atoms with Gasteiger partial charge in [0.2, 0.25) is 10.0 Å². The van der Waals surface area contributed by atoms with Crippen molar-refractivity contribution in [2.45, 2.75) is 77.3 Å². The van der Waals surface area contributed by atoms with Crippen LogP contribution in [0, 0.1) is 17.3 Å². The van der Waals surface area contributed by atoms with Gasteiger partial charge in [0, 0.05) is 52.0 Å². The monoisotopic (exact) mass is 550 g/mol. The van der Waals surface area contributed by atoms with Gasteiger partial charge in [-0.05, 0) is 52.1 Å². The van der Waals surface area contributed by atoms with Crippen molar-refractivity contribution < 1.29 is 27.5 Å². The Labute approximate surface area is 229 Å². The number of nitrogens with zero attached hydrogens (tertiary/aromatic N) is 2. The lowest BCUT2D eigenvalue weighted by atomic mass is 9.76. The number of hydrogen-bond acceptors (Lipinski definition) is 7. The van der Waals surface area contributed by atoms with Crippen LogP contribution in [-0.2, 0) is 34.8 Å². The van der Waals surface area contributed by atoms with E-state index in [9.17, 15) is 18.0 Å². The molecule has 2 aliphatic rings. The number of likely N-dealkylation sites (N-methyl/N-ethyl adjacent to an activating group) is 1. The zero-order valence-electron chi connectivity index (χ0n) is 24.2. The Balaban J connectivity index is 1.85. The number of Topliss-reactive ketones (excluding diaryl/α,β-unsaturated/α-hetero) is 1. The third-order valence-electron chi connectivity index (χ3n) is 8.29. The Morgan fingerprint density at radius 2 is 1.63 bits per heavy atom. The highest BCUT2D eigenvalue weighted by Gasteiger charge is 2.48. The summed E-state index contributed by atoms with van der Waals surface area (Å²) in [5, 5.41) is 0. The average Bonchev–Trinajstić information content (AvgIpc) is 2.83. The van der Waals surface area contributed by atoms with Crippen LogP contribution < -0.4 is 0 Å². The van der Waals surface area contributed by atoms with E-state index in [2.05, 4.69) is 11.8 Å². The van der Waals surface area contributed by atoms with Gasteiger partial charge in [0.1, 0.15) is 11.0 Å². The first-order chi connectivity index (χ1) is 17.6. The van der Waals surface area contributed by atoms with Gasteiger partial charge < -0.3 is 14.4 Å². The number of carbonyl (C=O) groups is 2. The molecule has 0 radical (unpaired) electrons. The maximum absolute atomic E-state index is 13.6. The molecule has 0 N–H and O–H groups in total. The SMILES string of the molecule is CO[C@@]1(C)CC(C)C(=O)C(C)(C)C(=O)OC2(CCN(S(=O)(=O)Cc3ccccc3)CC2)CN(C)C[C@H](C)C1. The van der Waals surface area contributed by atoms with Crippen LogP contribution in [0.15, 0.2) is 30.3 Å². The molecule has 0 aromatic heterocycles. The molecule has 2 fully saturated rings. The van der Waals surface area contributed by atoms with E-state index >= 15 is 0 Å². The zero-order valence-corrected chi connectivity index (χ0v) is 25.0. The fourth-order valence-electron chi connectivity index (χ4n) is 6.26. The third kappa shape index (κ3) is 7.23. The maximum Gasteiger partial charge on any atom is 0.319 e. The molecule has 0 amide bonds. The molecule has 2 aliphatic heterocycles. The van der Waals surface area contributed by atoms with Gasteiger partial charge in [-0.15, -0.1) is 0 Å². The second-order valence-corrected chi connectivity index (χ2v) is 14.4. The minimum atomic E-state index is -3.52. The number of methoxy groups -OCH3 is 1. The lowest BCUT2D eigenvalue weighted by Gasteiger charge is -2.44. The van der Waals surface area contributed by atoms with Crippen LogP contribution >= 0.6 is 0 Å². The first-order valence-electron chi connectivity index (χ1n) is 13.6. The smallest absolute Gasteiger partial charge is 0.319 e. The van der Waals surface area contributed by atoms with Crippen molar-refractivity contribution in [3.8, 4) is 0 Å². The quantitative estimate of drug-likeness (QED) is 0.415. The van der Waals surface area contributed by atoms with E-state index in [0.717, 1.165) is 18.5 Å². The molecule has 1 unspecified atom stereocenters. The molecule has 38 heavy (non-hydrogen) atoms. The summed E-state index contributed by atoms with van der Waals surface area (Å²) in [5.41, 5.74) is -1.94. The Hall–Kier alpha value is -1.81. The molecule has 214 valence electrons. The van der Waals surface area contributed by atoms with Crippen molar-refractivity contribution in [3.05, 3.63) is 35.9 Å². The normalized spacial score (nSPS) is 30.2. The van der Waals surface area contributed by atoms with Crippen molar-refractivity contribution in [3.63, 3.8) is 0 Å². The molecule has 1 spiro atoms. The number of ketones is 1. The molecule has 8 nitrogen and oxygen atoms in total. The number of ether oxygens (including phenoxy) is 2. The predicted octanol–water partition coefficient (Wildman–Crippen LogP) is 3.89. The van der Waals surface area contributed by atoms with Crippen LogP contribution in [0.5, 0.6) is 0 Å². The van der Waals surface area contributed by atoms with E-state index in [1.165, 1.54) is 4.31 Å². The minimum Gasteiger partial charge on any atom is -0.457 e. The molecular weight excluding hydrogens is 504 g/mol. The Kier molecular flexibility index (Phi) is 9.49. The van der Waals surface area contributed by atoms with Crippen molar-refractivity contribution in [2.75, 3.05) is 40.3 Å². The predicted molar refractivity (Wildman–Crippen MR) is 148 cm³/mol. The summed E-state index contributed by atoms with van der Waals surface area (Å²) in [6.07, 6.45) is 2.05. The van der Waals surface area contributed by atoms with Gasteiger partial charge in [0.15, 0.2) is 5.78 Å². The van der Waals surface area contributed by atoms with Gasteiger partial charge in [-0.1, -0.05) is 44.2 Å². The highest BCUT2D eigenvalue weighted by molar-refractivity contribution is 7.88. The summed E-state index contributed by atoms with van der Waals surface area (Å²) < 4.78 is 40.0. The number of esters is 1. The molecule has 1 aromatic carbocycles. The van der Waals surface area contributed by atoms with Gasteiger partial charge in [-0.25, -0.2) is 12.7 Å². The second kappa shape index (κ2) is 11.7. The highest BCUT2D eigenvalue weighted by Crippen LogP contribution is 2.37. The van der Waals surface area contributed by atoms with E-state index in [4.69, 9.17) is 9.47 Å². The van der Waals surface area contributed by atoms with Gasteiger partial charge >= 0.3 is 5.97 Å².